The Morgan fingerprint density at radius 1 is 0.500 bits per heavy atom. The van der Waals surface area contributed by atoms with Crippen LogP contribution in [0.2, 0.25) is 0 Å². The molecule has 2 N–H and O–H groups in total. The predicted molar refractivity (Wildman–Crippen MR) is 183 cm³/mol. The molecule has 2 amide bonds. The molecule has 0 bridgehead atoms. The summed E-state index contributed by atoms with van der Waals surface area (Å²) in [6.45, 7) is 0.181. The predicted octanol–water partition coefficient (Wildman–Crippen LogP) is 5.18. The number of aliphatic imine (C=N–C) groups is 2. The normalized spacial score (nSPS) is 16.9. The van der Waals surface area contributed by atoms with Crippen LogP contribution < -0.4 is 10.6 Å². The molecule has 7 rings (SSSR count). The minimum absolute atomic E-state index is 0.0903. The van der Waals surface area contributed by atoms with E-state index in [2.05, 4.69) is 25.6 Å². The largest absolute Gasteiger partial charge is 0.474 e. The van der Waals surface area contributed by atoms with Gasteiger partial charge in [0, 0.05) is 0 Å². The lowest BCUT2D eigenvalue weighted by molar-refractivity contribution is -0.123. The molecule has 238 valence electrons. The topological polar surface area (TPSA) is 114 Å². The molecule has 9 heteroatoms. The Morgan fingerprint density at radius 3 is 1.17 bits per heavy atom. The average Bonchev–Trinajstić information content (AvgIpc) is 3.86. The molecule has 4 aromatic carbocycles. The van der Waals surface area contributed by atoms with Gasteiger partial charge in [0.25, 0.3) is 0 Å². The Kier molecular flexibility index (Phi) is 9.00. The summed E-state index contributed by atoms with van der Waals surface area (Å²) in [4.78, 5) is 40.6. The highest BCUT2D eigenvalue weighted by atomic mass is 16.5. The van der Waals surface area contributed by atoms with E-state index in [4.69, 9.17) is 9.47 Å². The number of ether oxygens (including phenoxy) is 2. The van der Waals surface area contributed by atoms with E-state index in [0.29, 0.717) is 11.4 Å². The molecule has 0 saturated heterocycles. The van der Waals surface area contributed by atoms with Crippen molar-refractivity contribution in [1.82, 2.24) is 15.6 Å². The number of hydrogen-bond acceptors (Lipinski definition) is 7. The van der Waals surface area contributed by atoms with E-state index in [1.807, 2.05) is 121 Å². The van der Waals surface area contributed by atoms with Crippen molar-refractivity contribution in [1.29, 1.82) is 0 Å². The van der Waals surface area contributed by atoms with Gasteiger partial charge < -0.3 is 20.1 Å². The molecule has 0 spiro atoms. The molecule has 2 atom stereocenters. The molecule has 0 unspecified atom stereocenters. The van der Waals surface area contributed by atoms with Crippen molar-refractivity contribution in [3.8, 4) is 0 Å². The number of carbonyl (C=O) groups excluding carboxylic acids is 2. The Labute approximate surface area is 278 Å². The summed E-state index contributed by atoms with van der Waals surface area (Å²) in [6, 6.07) is 42.4. The first-order valence-electron chi connectivity index (χ1n) is 15.8. The van der Waals surface area contributed by atoms with Crippen LogP contribution in [0.25, 0.3) is 0 Å². The summed E-state index contributed by atoms with van der Waals surface area (Å²) >= 11 is 0. The quantitative estimate of drug-likeness (QED) is 0.220. The van der Waals surface area contributed by atoms with E-state index < -0.39 is 12.1 Å². The lowest BCUT2D eigenvalue weighted by Gasteiger charge is -2.20. The fourth-order valence-corrected chi connectivity index (χ4v) is 5.75. The van der Waals surface area contributed by atoms with Gasteiger partial charge in [-0.25, -0.2) is 15.0 Å². The standard InChI is InChI=1S/C39H33N5O4/c45-36(43-34(26-14-5-1-6-15-26)27-16-7-2-8-17-27)32-24-47-38(41-32)30-22-13-23-31(40-30)39-42-33(25-48-39)37(46)44-35(28-18-9-3-10-19-28)29-20-11-4-12-21-29/h1-23,32-35H,24-25H2,(H,43,45)(H,44,46)/t32-,33-/m0/s1. The van der Waals surface area contributed by atoms with Crippen LogP contribution in [-0.4, -0.2) is 53.9 Å². The molecule has 0 fully saturated rings. The van der Waals surface area contributed by atoms with Gasteiger partial charge in [-0.3, -0.25) is 9.59 Å². The molecule has 9 nitrogen and oxygen atoms in total. The fraction of sp³-hybridized carbons (Fsp3) is 0.154. The Morgan fingerprint density at radius 2 is 0.833 bits per heavy atom. The van der Waals surface area contributed by atoms with Gasteiger partial charge in [-0.2, -0.15) is 0 Å². The van der Waals surface area contributed by atoms with Crippen LogP contribution in [0.3, 0.4) is 0 Å². The van der Waals surface area contributed by atoms with Crippen LogP contribution in [0.1, 0.15) is 45.7 Å². The van der Waals surface area contributed by atoms with E-state index in [1.165, 1.54) is 0 Å². The number of pyridine rings is 1. The van der Waals surface area contributed by atoms with E-state index in [9.17, 15) is 9.59 Å². The Hall–Kier alpha value is -6.09. The van der Waals surface area contributed by atoms with Crippen LogP contribution in [0.5, 0.6) is 0 Å². The van der Waals surface area contributed by atoms with Gasteiger partial charge >= 0.3 is 0 Å². The third-order valence-corrected chi connectivity index (χ3v) is 8.20. The zero-order valence-corrected chi connectivity index (χ0v) is 26.0. The third kappa shape index (κ3) is 6.85. The lowest BCUT2D eigenvalue weighted by Crippen LogP contribution is -2.37. The molecule has 3 heterocycles. The van der Waals surface area contributed by atoms with Crippen molar-refractivity contribution >= 4 is 23.6 Å². The second-order valence-corrected chi connectivity index (χ2v) is 11.5. The molecule has 0 aliphatic carbocycles. The second-order valence-electron chi connectivity index (χ2n) is 11.5. The van der Waals surface area contributed by atoms with Gasteiger partial charge in [-0.1, -0.05) is 127 Å². The molecular formula is C39H33N5O4. The van der Waals surface area contributed by atoms with E-state index in [-0.39, 0.29) is 48.9 Å². The van der Waals surface area contributed by atoms with Gasteiger partial charge in [-0.05, 0) is 34.4 Å². The van der Waals surface area contributed by atoms with Crippen molar-refractivity contribution in [2.24, 2.45) is 9.98 Å². The van der Waals surface area contributed by atoms with Crippen molar-refractivity contribution < 1.29 is 19.1 Å². The number of nitrogens with one attached hydrogen (secondary N) is 2. The zero-order chi connectivity index (χ0) is 32.7. The van der Waals surface area contributed by atoms with Crippen LogP contribution in [0.15, 0.2) is 150 Å². The average molecular weight is 636 g/mol. The summed E-state index contributed by atoms with van der Waals surface area (Å²) in [7, 11) is 0. The van der Waals surface area contributed by atoms with Crippen molar-refractivity contribution in [3.05, 3.63) is 173 Å². The van der Waals surface area contributed by atoms with Gasteiger partial charge in [0.2, 0.25) is 23.6 Å². The smallest absolute Gasteiger partial charge is 0.249 e. The molecule has 2 aliphatic rings. The highest BCUT2D eigenvalue weighted by Gasteiger charge is 2.32. The number of amides is 2. The number of benzene rings is 4. The van der Waals surface area contributed by atoms with E-state index in [0.717, 1.165) is 22.3 Å². The van der Waals surface area contributed by atoms with Crippen LogP contribution in [0.4, 0.5) is 0 Å². The fourth-order valence-electron chi connectivity index (χ4n) is 5.75. The van der Waals surface area contributed by atoms with E-state index >= 15 is 0 Å². The van der Waals surface area contributed by atoms with Gasteiger partial charge in [0.05, 0.1) is 12.1 Å². The zero-order valence-electron chi connectivity index (χ0n) is 26.0. The number of hydrogen-bond donors (Lipinski definition) is 2. The van der Waals surface area contributed by atoms with Gasteiger partial charge in [0.1, 0.15) is 24.6 Å². The molecule has 48 heavy (non-hydrogen) atoms. The van der Waals surface area contributed by atoms with Gasteiger partial charge in [0.15, 0.2) is 12.1 Å². The van der Waals surface area contributed by atoms with Crippen LogP contribution in [0, 0.1) is 0 Å². The van der Waals surface area contributed by atoms with Gasteiger partial charge in [-0.15, -0.1) is 0 Å². The van der Waals surface area contributed by atoms with Crippen LogP contribution >= 0.6 is 0 Å². The lowest BCUT2D eigenvalue weighted by atomic mass is 9.98. The second kappa shape index (κ2) is 14.1. The maximum Gasteiger partial charge on any atom is 0.249 e. The van der Waals surface area contributed by atoms with Crippen molar-refractivity contribution in [2.45, 2.75) is 24.2 Å². The van der Waals surface area contributed by atoms with Crippen LogP contribution in [-0.2, 0) is 19.1 Å². The molecule has 2 aliphatic heterocycles. The first-order chi connectivity index (χ1) is 23.6. The minimum atomic E-state index is -0.740. The number of aromatic nitrogens is 1. The number of rotatable bonds is 10. The number of carbonyl (C=O) groups is 2. The molecule has 5 aromatic rings. The summed E-state index contributed by atoms with van der Waals surface area (Å²) in [6.07, 6.45) is 0. The molecule has 0 radical (unpaired) electrons. The molecular weight excluding hydrogens is 602 g/mol. The minimum Gasteiger partial charge on any atom is -0.474 e. The van der Waals surface area contributed by atoms with Crippen molar-refractivity contribution in [3.63, 3.8) is 0 Å². The first-order valence-corrected chi connectivity index (χ1v) is 15.8. The maximum absolute atomic E-state index is 13.4. The van der Waals surface area contributed by atoms with Crippen molar-refractivity contribution in [2.75, 3.05) is 13.2 Å². The SMILES string of the molecule is O=C(NC(c1ccccc1)c1ccccc1)[C@@H]1COC(c2cccc(C3=N[C@H](C(=O)NC(c4ccccc4)c4ccccc4)CO3)n2)=N1. The third-order valence-electron chi connectivity index (χ3n) is 8.20. The number of nitrogens with zero attached hydrogens (tertiary/aromatic N) is 3. The summed E-state index contributed by atoms with van der Waals surface area (Å²) < 4.78 is 11.7. The highest BCUT2D eigenvalue weighted by molar-refractivity contribution is 6.00. The summed E-state index contributed by atoms with van der Waals surface area (Å²) in [5, 5.41) is 6.29. The Balaban J connectivity index is 1.04. The maximum atomic E-state index is 13.4. The molecule has 0 saturated carbocycles. The summed E-state index contributed by atoms with van der Waals surface area (Å²) in [5.41, 5.74) is 4.75. The highest BCUT2D eigenvalue weighted by Crippen LogP contribution is 2.24. The van der Waals surface area contributed by atoms with E-state index in [1.54, 1.807) is 18.2 Å². The Bertz CT molecular complexity index is 1720. The first kappa shape index (κ1) is 30.6. The summed E-state index contributed by atoms with van der Waals surface area (Å²) in [5.74, 6) is 0.0184. The monoisotopic (exact) mass is 635 g/mol. The molecule has 1 aromatic heterocycles.